The van der Waals surface area contributed by atoms with Gasteiger partial charge in [0.05, 0.1) is 0 Å². The topological polar surface area (TPSA) is 3.24 Å². The molecule has 0 fully saturated rings. The number of anilines is 1. The first-order valence-electron chi connectivity index (χ1n) is 5.90. The normalized spacial score (nSPS) is 14.5. The van der Waals surface area contributed by atoms with Crippen molar-refractivity contribution in [1.29, 1.82) is 0 Å². The molecule has 0 spiro atoms. The number of rotatable bonds is 1. The fourth-order valence-corrected chi connectivity index (χ4v) is 2.58. The van der Waals surface area contributed by atoms with Crippen LogP contribution >= 0.6 is 11.6 Å². The summed E-state index contributed by atoms with van der Waals surface area (Å²) in [6.45, 7) is 2.04. The minimum Gasteiger partial charge on any atom is -0.367 e. The van der Waals surface area contributed by atoms with Gasteiger partial charge in [-0.25, -0.2) is 0 Å². The molecule has 0 aliphatic carbocycles. The first-order valence-corrected chi connectivity index (χ1v) is 6.28. The Balaban J connectivity index is 1.90. The minimum absolute atomic E-state index is 0.832. The highest BCUT2D eigenvalue weighted by atomic mass is 35.5. The summed E-state index contributed by atoms with van der Waals surface area (Å²) in [6.07, 6.45) is 1.10. The van der Waals surface area contributed by atoms with Gasteiger partial charge in [0.15, 0.2) is 0 Å². The smallest absolute Gasteiger partial charge is 0.0432 e. The van der Waals surface area contributed by atoms with Crippen molar-refractivity contribution < 1.29 is 0 Å². The quantitative estimate of drug-likeness (QED) is 0.734. The molecule has 86 valence electrons. The maximum atomic E-state index is 6.05. The Kier molecular flexibility index (Phi) is 2.77. The standard InChI is InChI=1S/C15H14ClN/c16-14-7-6-12-8-9-17(11-13(12)10-14)15-4-2-1-3-5-15/h1-7,10H,8-9,11H2. The summed E-state index contributed by atoms with van der Waals surface area (Å²) in [5.41, 5.74) is 4.08. The fourth-order valence-electron chi connectivity index (χ4n) is 2.38. The molecular weight excluding hydrogens is 230 g/mol. The van der Waals surface area contributed by atoms with Gasteiger partial charge in [-0.15, -0.1) is 0 Å². The van der Waals surface area contributed by atoms with Gasteiger partial charge < -0.3 is 4.90 Å². The molecule has 1 aliphatic heterocycles. The Bertz CT molecular complexity index is 522. The zero-order valence-electron chi connectivity index (χ0n) is 9.57. The monoisotopic (exact) mass is 243 g/mol. The Morgan fingerprint density at radius 2 is 1.76 bits per heavy atom. The first-order chi connectivity index (χ1) is 8.33. The van der Waals surface area contributed by atoms with Gasteiger partial charge in [0.25, 0.3) is 0 Å². The second-order valence-corrected chi connectivity index (χ2v) is 4.86. The molecule has 1 nitrogen and oxygen atoms in total. The van der Waals surface area contributed by atoms with Crippen molar-refractivity contribution in [3.05, 3.63) is 64.7 Å². The number of para-hydroxylation sites is 1. The summed E-state index contributed by atoms with van der Waals surface area (Å²) in [5.74, 6) is 0. The summed E-state index contributed by atoms with van der Waals surface area (Å²) in [6, 6.07) is 16.8. The summed E-state index contributed by atoms with van der Waals surface area (Å²) in [4.78, 5) is 2.40. The van der Waals surface area contributed by atoms with Crippen LogP contribution in [0.5, 0.6) is 0 Å². The van der Waals surface area contributed by atoms with Crippen molar-refractivity contribution in [2.24, 2.45) is 0 Å². The van der Waals surface area contributed by atoms with Crippen LogP contribution in [0.25, 0.3) is 0 Å². The van der Waals surface area contributed by atoms with E-state index in [-0.39, 0.29) is 0 Å². The molecular formula is C15H14ClN. The molecule has 3 rings (SSSR count). The molecule has 2 heteroatoms. The van der Waals surface area contributed by atoms with Crippen molar-refractivity contribution in [2.45, 2.75) is 13.0 Å². The zero-order valence-corrected chi connectivity index (χ0v) is 10.3. The third-order valence-corrected chi connectivity index (χ3v) is 3.54. The lowest BCUT2D eigenvalue weighted by Gasteiger charge is -2.30. The van der Waals surface area contributed by atoms with Crippen LogP contribution < -0.4 is 4.90 Å². The zero-order chi connectivity index (χ0) is 11.7. The van der Waals surface area contributed by atoms with Gasteiger partial charge in [-0.1, -0.05) is 35.9 Å². The fraction of sp³-hybridized carbons (Fsp3) is 0.200. The van der Waals surface area contributed by atoms with E-state index >= 15 is 0 Å². The summed E-state index contributed by atoms with van der Waals surface area (Å²) >= 11 is 6.05. The molecule has 0 saturated carbocycles. The van der Waals surface area contributed by atoms with Crippen LogP contribution in [0, 0.1) is 0 Å². The van der Waals surface area contributed by atoms with E-state index in [0.717, 1.165) is 24.5 Å². The van der Waals surface area contributed by atoms with E-state index < -0.39 is 0 Å². The predicted octanol–water partition coefficient (Wildman–Crippen LogP) is 3.90. The van der Waals surface area contributed by atoms with Crippen molar-refractivity contribution >= 4 is 17.3 Å². The molecule has 0 N–H and O–H groups in total. The number of halogens is 1. The molecule has 2 aromatic rings. The van der Waals surface area contributed by atoms with Crippen LogP contribution in [-0.2, 0) is 13.0 Å². The van der Waals surface area contributed by atoms with Gasteiger partial charge >= 0.3 is 0 Å². The number of hydrogen-bond acceptors (Lipinski definition) is 1. The molecule has 0 saturated heterocycles. The Labute approximate surface area is 107 Å². The maximum absolute atomic E-state index is 6.05. The van der Waals surface area contributed by atoms with Crippen molar-refractivity contribution in [1.82, 2.24) is 0 Å². The predicted molar refractivity (Wildman–Crippen MR) is 72.6 cm³/mol. The number of fused-ring (bicyclic) bond motifs is 1. The lowest BCUT2D eigenvalue weighted by molar-refractivity contribution is 0.732. The van der Waals surface area contributed by atoms with Crippen LogP contribution in [0.2, 0.25) is 5.02 Å². The number of benzene rings is 2. The van der Waals surface area contributed by atoms with Crippen LogP contribution in [0.3, 0.4) is 0 Å². The van der Waals surface area contributed by atoms with Crippen molar-refractivity contribution in [3.8, 4) is 0 Å². The number of hydrogen-bond donors (Lipinski definition) is 0. The minimum atomic E-state index is 0.832. The van der Waals surface area contributed by atoms with Crippen LogP contribution in [-0.4, -0.2) is 6.54 Å². The molecule has 0 atom stereocenters. The van der Waals surface area contributed by atoms with E-state index in [2.05, 4.69) is 47.4 Å². The number of nitrogens with zero attached hydrogens (tertiary/aromatic N) is 1. The van der Waals surface area contributed by atoms with Gasteiger partial charge in [-0.2, -0.15) is 0 Å². The molecule has 1 aliphatic rings. The highest BCUT2D eigenvalue weighted by Gasteiger charge is 2.16. The van der Waals surface area contributed by atoms with Crippen molar-refractivity contribution in [3.63, 3.8) is 0 Å². The van der Waals surface area contributed by atoms with Crippen LogP contribution in [0.4, 0.5) is 5.69 Å². The van der Waals surface area contributed by atoms with Crippen LogP contribution in [0.15, 0.2) is 48.5 Å². The average molecular weight is 244 g/mol. The van der Waals surface area contributed by atoms with E-state index in [1.54, 1.807) is 0 Å². The van der Waals surface area contributed by atoms with Crippen molar-refractivity contribution in [2.75, 3.05) is 11.4 Å². The molecule has 1 heterocycles. The summed E-state index contributed by atoms with van der Waals surface area (Å²) < 4.78 is 0. The first kappa shape index (κ1) is 10.7. The highest BCUT2D eigenvalue weighted by molar-refractivity contribution is 6.30. The van der Waals surface area contributed by atoms with Crippen LogP contribution in [0.1, 0.15) is 11.1 Å². The third-order valence-electron chi connectivity index (χ3n) is 3.30. The van der Waals surface area contributed by atoms with Gasteiger partial charge in [-0.3, -0.25) is 0 Å². The lowest BCUT2D eigenvalue weighted by Crippen LogP contribution is -2.30. The summed E-state index contributed by atoms with van der Waals surface area (Å²) in [7, 11) is 0. The SMILES string of the molecule is Clc1ccc2c(c1)CN(c1ccccc1)CC2. The molecule has 17 heavy (non-hydrogen) atoms. The lowest BCUT2D eigenvalue weighted by atomic mass is 9.99. The van der Waals surface area contributed by atoms with Gasteiger partial charge in [-0.05, 0) is 41.8 Å². The molecule has 2 aromatic carbocycles. The van der Waals surface area contributed by atoms with E-state index in [1.807, 2.05) is 6.07 Å². The van der Waals surface area contributed by atoms with Gasteiger partial charge in [0, 0.05) is 23.8 Å². The summed E-state index contributed by atoms with van der Waals surface area (Å²) in [5, 5.41) is 0.832. The van der Waals surface area contributed by atoms with E-state index in [9.17, 15) is 0 Å². The van der Waals surface area contributed by atoms with E-state index in [0.29, 0.717) is 0 Å². The Morgan fingerprint density at radius 3 is 2.59 bits per heavy atom. The molecule has 0 bridgehead atoms. The highest BCUT2D eigenvalue weighted by Crippen LogP contribution is 2.26. The third kappa shape index (κ3) is 2.16. The van der Waals surface area contributed by atoms with E-state index in [1.165, 1.54) is 16.8 Å². The van der Waals surface area contributed by atoms with Gasteiger partial charge in [0.2, 0.25) is 0 Å². The second kappa shape index (κ2) is 4.42. The Morgan fingerprint density at radius 1 is 0.941 bits per heavy atom. The largest absolute Gasteiger partial charge is 0.367 e. The second-order valence-electron chi connectivity index (χ2n) is 4.42. The maximum Gasteiger partial charge on any atom is 0.0432 e. The molecule has 0 amide bonds. The van der Waals surface area contributed by atoms with E-state index in [4.69, 9.17) is 11.6 Å². The average Bonchev–Trinajstić information content (AvgIpc) is 2.39. The Hall–Kier alpha value is -1.47. The molecule has 0 unspecified atom stereocenters. The van der Waals surface area contributed by atoms with Gasteiger partial charge in [0.1, 0.15) is 0 Å². The molecule has 0 aromatic heterocycles. The molecule has 0 radical (unpaired) electrons.